The summed E-state index contributed by atoms with van der Waals surface area (Å²) in [7, 11) is 0. The number of halogens is 1. The second kappa shape index (κ2) is 12.7. The number of ether oxygens (including phenoxy) is 1. The molecule has 1 aromatic carbocycles. The van der Waals surface area contributed by atoms with E-state index in [1.54, 1.807) is 19.1 Å². The number of aryl methyl sites for hydroxylation is 3. The van der Waals surface area contributed by atoms with Gasteiger partial charge < -0.3 is 14.8 Å². The number of rotatable bonds is 4. The average molecular weight is 402 g/mol. The zero-order valence-corrected chi connectivity index (χ0v) is 18.4. The zero-order chi connectivity index (χ0) is 21.9. The molecule has 0 radical (unpaired) electrons. The second-order valence-corrected chi connectivity index (χ2v) is 6.86. The van der Waals surface area contributed by atoms with E-state index in [0.29, 0.717) is 21.4 Å². The van der Waals surface area contributed by atoms with E-state index < -0.39 is 0 Å². The second-order valence-electron chi connectivity index (χ2n) is 6.21. The molecule has 0 spiro atoms. The third-order valence-electron chi connectivity index (χ3n) is 3.75. The van der Waals surface area contributed by atoms with Gasteiger partial charge in [-0.05, 0) is 57.4 Å². The highest BCUT2D eigenvalue weighted by Crippen LogP contribution is 2.19. The molecule has 0 aliphatic rings. The normalized spacial score (nSPS) is 10.5. The predicted molar refractivity (Wildman–Crippen MR) is 123 cm³/mol. The Kier molecular flexibility index (Phi) is 11.5. The van der Waals surface area contributed by atoms with Gasteiger partial charge in [0.1, 0.15) is 17.3 Å². The van der Waals surface area contributed by atoms with Crippen LogP contribution in [0.1, 0.15) is 37.6 Å². The van der Waals surface area contributed by atoms with Gasteiger partial charge in [-0.1, -0.05) is 63.1 Å². The van der Waals surface area contributed by atoms with E-state index in [2.05, 4.69) is 38.2 Å². The Labute approximate surface area is 174 Å². The molecule has 0 unspecified atom stereocenters. The van der Waals surface area contributed by atoms with E-state index in [4.69, 9.17) is 16.3 Å². The molecule has 0 atom stereocenters. The molecule has 1 aromatic heterocycles. The molecule has 1 heterocycles. The van der Waals surface area contributed by atoms with Crippen LogP contribution in [0.15, 0.2) is 55.1 Å². The summed E-state index contributed by atoms with van der Waals surface area (Å²) in [5.74, 6) is 1.65. The van der Waals surface area contributed by atoms with Crippen molar-refractivity contribution in [3.63, 3.8) is 0 Å². The first-order valence-corrected chi connectivity index (χ1v) is 9.35. The predicted octanol–water partition coefficient (Wildman–Crippen LogP) is 5.63. The lowest BCUT2D eigenvalue weighted by molar-refractivity contribution is 0.456. The van der Waals surface area contributed by atoms with Crippen molar-refractivity contribution in [2.45, 2.75) is 41.0 Å². The summed E-state index contributed by atoms with van der Waals surface area (Å²) in [5.41, 5.74) is 3.19. The van der Waals surface area contributed by atoms with Crippen LogP contribution in [-0.4, -0.2) is 10.1 Å². The van der Waals surface area contributed by atoms with Gasteiger partial charge in [0, 0.05) is 10.4 Å². The highest BCUT2D eigenvalue weighted by atomic mass is 35.5. The monoisotopic (exact) mass is 401 g/mol. The lowest BCUT2D eigenvalue weighted by Crippen LogP contribution is -2.24. The minimum Gasteiger partial charge on any atom is -0.505 e. The molecule has 0 saturated heterocycles. The molecule has 0 amide bonds. The van der Waals surface area contributed by atoms with Crippen LogP contribution in [-0.2, 0) is 6.42 Å². The standard InChI is InChI=1S/C17H21NO2.C4H6.C3H5Cl/c1-6-15-17(19)16(12(4)18-15)13(5)20-14-8-7-10(2)11(3)9-14;1-3-4-2;1-3(2)4/h7-9,18-19H,4,6H2,1-3,5H3;3-4H,1-2H2;1H2,2H3/b16-13-;;. The van der Waals surface area contributed by atoms with E-state index in [0.717, 1.165) is 17.9 Å². The molecule has 152 valence electrons. The van der Waals surface area contributed by atoms with Crippen molar-refractivity contribution in [2.24, 2.45) is 0 Å². The maximum absolute atomic E-state index is 10.2. The van der Waals surface area contributed by atoms with Gasteiger partial charge in [-0.2, -0.15) is 0 Å². The SMILES string of the molecule is C=C(C)Cl.C=CC=C.C=c1[nH]c(CC)c(O)/c1=C(/C)Oc1ccc(C)c(C)c1. The number of aromatic amines is 1. The van der Waals surface area contributed by atoms with Crippen LogP contribution < -0.4 is 15.3 Å². The van der Waals surface area contributed by atoms with Gasteiger partial charge in [0.2, 0.25) is 0 Å². The summed E-state index contributed by atoms with van der Waals surface area (Å²) in [6.07, 6.45) is 4.01. The third kappa shape index (κ3) is 8.36. The number of H-pyrrole nitrogens is 1. The maximum atomic E-state index is 10.2. The van der Waals surface area contributed by atoms with Gasteiger partial charge in [0.25, 0.3) is 0 Å². The molecule has 3 nitrogen and oxygen atoms in total. The van der Waals surface area contributed by atoms with Gasteiger partial charge in [-0.15, -0.1) is 0 Å². The quantitative estimate of drug-likeness (QED) is 0.651. The largest absolute Gasteiger partial charge is 0.505 e. The van der Waals surface area contributed by atoms with Crippen molar-refractivity contribution in [1.82, 2.24) is 4.98 Å². The van der Waals surface area contributed by atoms with Gasteiger partial charge >= 0.3 is 0 Å². The summed E-state index contributed by atoms with van der Waals surface area (Å²) in [5, 5.41) is 12.2. The van der Waals surface area contributed by atoms with Crippen molar-refractivity contribution in [3.05, 3.63) is 82.5 Å². The third-order valence-corrected chi connectivity index (χ3v) is 3.75. The van der Waals surface area contributed by atoms with Gasteiger partial charge in [-0.25, -0.2) is 0 Å². The van der Waals surface area contributed by atoms with Crippen LogP contribution in [0.2, 0.25) is 0 Å². The maximum Gasteiger partial charge on any atom is 0.147 e. The Bertz CT molecular complexity index is 913. The first-order chi connectivity index (χ1) is 13.1. The summed E-state index contributed by atoms with van der Waals surface area (Å²) >= 11 is 5.08. The molecule has 0 bridgehead atoms. The van der Waals surface area contributed by atoms with E-state index in [-0.39, 0.29) is 5.75 Å². The van der Waals surface area contributed by atoms with Crippen molar-refractivity contribution in [3.8, 4) is 11.5 Å². The first kappa shape index (κ1) is 25.4. The van der Waals surface area contributed by atoms with Crippen LogP contribution in [0.25, 0.3) is 12.3 Å². The summed E-state index contributed by atoms with van der Waals surface area (Å²) in [6.45, 7) is 23.6. The summed E-state index contributed by atoms with van der Waals surface area (Å²) in [4.78, 5) is 3.09. The molecule has 2 N–H and O–H groups in total. The Hall–Kier alpha value is -2.65. The van der Waals surface area contributed by atoms with Crippen LogP contribution >= 0.6 is 11.6 Å². The van der Waals surface area contributed by atoms with Crippen LogP contribution in [0, 0.1) is 13.8 Å². The van der Waals surface area contributed by atoms with Crippen LogP contribution in [0.3, 0.4) is 0 Å². The van der Waals surface area contributed by atoms with E-state index in [1.165, 1.54) is 11.1 Å². The number of allylic oxidation sites excluding steroid dienone is 3. The van der Waals surface area contributed by atoms with Crippen molar-refractivity contribution < 1.29 is 9.84 Å². The molecular formula is C24H32ClNO2. The lowest BCUT2D eigenvalue weighted by atomic mass is 10.1. The average Bonchev–Trinajstić information content (AvgIpc) is 2.91. The Morgan fingerprint density at radius 1 is 1.18 bits per heavy atom. The number of nitrogens with one attached hydrogen (secondary N) is 1. The fourth-order valence-electron chi connectivity index (χ4n) is 2.24. The van der Waals surface area contributed by atoms with Crippen molar-refractivity contribution >= 4 is 23.9 Å². The number of aromatic nitrogens is 1. The first-order valence-electron chi connectivity index (χ1n) is 8.98. The number of benzene rings is 1. The number of hydrogen-bond donors (Lipinski definition) is 2. The lowest BCUT2D eigenvalue weighted by Gasteiger charge is -2.08. The molecule has 0 aliphatic heterocycles. The molecule has 2 aromatic rings. The molecule has 4 heteroatoms. The Morgan fingerprint density at radius 3 is 2.11 bits per heavy atom. The van der Waals surface area contributed by atoms with Crippen molar-refractivity contribution in [2.75, 3.05) is 0 Å². The zero-order valence-electron chi connectivity index (χ0n) is 17.7. The molecule has 28 heavy (non-hydrogen) atoms. The number of aromatic hydroxyl groups is 1. The number of hydrogen-bond acceptors (Lipinski definition) is 2. The minimum atomic E-state index is 0.235. The van der Waals surface area contributed by atoms with E-state index in [9.17, 15) is 5.11 Å². The fraction of sp³-hybridized carbons (Fsp3) is 0.250. The molecule has 0 fully saturated rings. The fourth-order valence-corrected chi connectivity index (χ4v) is 2.24. The highest BCUT2D eigenvalue weighted by molar-refractivity contribution is 6.28. The van der Waals surface area contributed by atoms with E-state index in [1.807, 2.05) is 39.0 Å². The Morgan fingerprint density at radius 2 is 1.71 bits per heavy atom. The topological polar surface area (TPSA) is 45.2 Å². The Balaban J connectivity index is 0.000000776. The minimum absolute atomic E-state index is 0.235. The molecule has 0 saturated carbocycles. The smallest absolute Gasteiger partial charge is 0.147 e. The summed E-state index contributed by atoms with van der Waals surface area (Å²) < 4.78 is 5.85. The highest BCUT2D eigenvalue weighted by Gasteiger charge is 2.09. The van der Waals surface area contributed by atoms with Gasteiger partial charge in [-0.3, -0.25) is 0 Å². The van der Waals surface area contributed by atoms with Crippen LogP contribution in [0.5, 0.6) is 11.5 Å². The van der Waals surface area contributed by atoms with Crippen LogP contribution in [0.4, 0.5) is 0 Å². The van der Waals surface area contributed by atoms with Gasteiger partial charge in [0.05, 0.1) is 10.9 Å². The molecular weight excluding hydrogens is 370 g/mol. The van der Waals surface area contributed by atoms with Crippen molar-refractivity contribution in [1.29, 1.82) is 0 Å². The van der Waals surface area contributed by atoms with E-state index >= 15 is 0 Å². The molecule has 0 aliphatic carbocycles. The molecule has 2 rings (SSSR count). The summed E-state index contributed by atoms with van der Waals surface area (Å²) in [6, 6.07) is 5.95. The van der Waals surface area contributed by atoms with Gasteiger partial charge in [0.15, 0.2) is 0 Å².